The number of nitrogens with one attached hydrogen (secondary N) is 1. The molecule has 33 heavy (non-hydrogen) atoms. The molecule has 0 saturated carbocycles. The summed E-state index contributed by atoms with van der Waals surface area (Å²) in [5.41, 5.74) is 2.44. The lowest BCUT2D eigenvalue weighted by molar-refractivity contribution is -0.122. The van der Waals surface area contributed by atoms with E-state index in [0.717, 1.165) is 10.9 Å². The third-order valence-electron chi connectivity index (χ3n) is 5.49. The number of nitrogens with zero attached hydrogens (tertiary/aromatic N) is 2. The summed E-state index contributed by atoms with van der Waals surface area (Å²) in [6.07, 6.45) is 1.08. The molecular weight excluding hydrogens is 422 g/mol. The summed E-state index contributed by atoms with van der Waals surface area (Å²) < 4.78 is 7.74. The highest BCUT2D eigenvalue weighted by atomic mass is 16.5. The summed E-state index contributed by atoms with van der Waals surface area (Å²) in [7, 11) is 3.71. The molecule has 1 aliphatic heterocycles. The van der Waals surface area contributed by atoms with Crippen molar-refractivity contribution in [2.24, 2.45) is 0 Å². The van der Waals surface area contributed by atoms with E-state index in [1.165, 1.54) is 0 Å². The van der Waals surface area contributed by atoms with Gasteiger partial charge in [-0.1, -0.05) is 36.4 Å². The largest absolute Gasteiger partial charge is 0.490 e. The maximum atomic E-state index is 12.9. The summed E-state index contributed by atoms with van der Waals surface area (Å²) in [4.78, 5) is 27.7. The Morgan fingerprint density at radius 1 is 1.00 bits per heavy atom. The molecule has 1 aliphatic rings. The number of hydrogen-bond donors (Lipinski definition) is 3. The summed E-state index contributed by atoms with van der Waals surface area (Å²) in [5, 5.41) is 22.9. The van der Waals surface area contributed by atoms with E-state index >= 15 is 0 Å². The Kier molecular flexibility index (Phi) is 6.60. The molecule has 8 nitrogen and oxygen atoms in total. The van der Waals surface area contributed by atoms with Gasteiger partial charge in [0.15, 0.2) is 0 Å². The Morgan fingerprint density at radius 2 is 1.67 bits per heavy atom. The van der Waals surface area contributed by atoms with Crippen LogP contribution in [0.5, 0.6) is 5.75 Å². The third kappa shape index (κ3) is 4.54. The number of amides is 2. The molecule has 2 aromatic carbocycles. The molecule has 172 valence electrons. The van der Waals surface area contributed by atoms with Crippen molar-refractivity contribution in [3.63, 3.8) is 0 Å². The minimum absolute atomic E-state index is 0.0448. The van der Waals surface area contributed by atoms with Gasteiger partial charge in [-0.3, -0.25) is 14.9 Å². The van der Waals surface area contributed by atoms with Gasteiger partial charge in [-0.25, -0.2) is 0 Å². The number of likely N-dealkylation sites (N-methyl/N-ethyl adjacent to an activating group) is 1. The van der Waals surface area contributed by atoms with E-state index in [0.29, 0.717) is 30.0 Å². The molecule has 0 aliphatic carbocycles. The van der Waals surface area contributed by atoms with E-state index in [1.807, 2.05) is 47.8 Å². The van der Waals surface area contributed by atoms with E-state index in [4.69, 9.17) is 4.74 Å². The normalized spacial score (nSPS) is 14.9. The lowest BCUT2D eigenvalue weighted by Crippen LogP contribution is -2.30. The van der Waals surface area contributed by atoms with Gasteiger partial charge in [0.2, 0.25) is 0 Å². The molecule has 0 bridgehead atoms. The fourth-order valence-electron chi connectivity index (χ4n) is 4.17. The lowest BCUT2D eigenvalue weighted by Gasteiger charge is -2.18. The monoisotopic (exact) mass is 449 g/mol. The minimum Gasteiger partial charge on any atom is -0.490 e. The fraction of sp³-hybridized carbons (Fsp3) is 0.280. The average Bonchev–Trinajstić information content (AvgIpc) is 3.28. The van der Waals surface area contributed by atoms with Crippen LogP contribution in [0.4, 0.5) is 0 Å². The summed E-state index contributed by atoms with van der Waals surface area (Å²) in [5.74, 6) is -0.574. The van der Waals surface area contributed by atoms with Crippen LogP contribution in [-0.4, -0.2) is 71.5 Å². The molecule has 3 N–H and O–H groups in total. The summed E-state index contributed by atoms with van der Waals surface area (Å²) in [6, 6.07) is 14.5. The number of ether oxygens (including phenoxy) is 1. The van der Waals surface area contributed by atoms with Crippen LogP contribution in [-0.2, 0) is 16.1 Å². The van der Waals surface area contributed by atoms with Crippen LogP contribution in [0.15, 0.2) is 54.7 Å². The second-order valence-electron chi connectivity index (χ2n) is 8.23. The molecule has 0 fully saturated rings. The lowest BCUT2D eigenvalue weighted by atomic mass is 9.95. The SMILES string of the molecule is CN(C)CC(O)COc1ccccc1C1=C(c2cn(CCO)c3ccccc23)C(=O)NC1=O. The van der Waals surface area contributed by atoms with E-state index in [2.05, 4.69) is 5.32 Å². The molecule has 1 atom stereocenters. The highest BCUT2D eigenvalue weighted by molar-refractivity contribution is 6.50. The predicted octanol–water partition coefficient (Wildman–Crippen LogP) is 1.50. The van der Waals surface area contributed by atoms with Crippen LogP contribution < -0.4 is 10.1 Å². The van der Waals surface area contributed by atoms with Gasteiger partial charge in [0.1, 0.15) is 18.5 Å². The van der Waals surface area contributed by atoms with Crippen molar-refractivity contribution >= 4 is 33.9 Å². The maximum Gasteiger partial charge on any atom is 0.259 e. The first-order chi connectivity index (χ1) is 15.9. The van der Waals surface area contributed by atoms with Crippen LogP contribution in [0.2, 0.25) is 0 Å². The van der Waals surface area contributed by atoms with Crippen molar-refractivity contribution in [3.8, 4) is 5.75 Å². The van der Waals surface area contributed by atoms with Crippen molar-refractivity contribution in [3.05, 3.63) is 65.9 Å². The molecule has 8 heteroatoms. The smallest absolute Gasteiger partial charge is 0.259 e. The van der Waals surface area contributed by atoms with Gasteiger partial charge in [0, 0.05) is 41.3 Å². The van der Waals surface area contributed by atoms with Gasteiger partial charge in [-0.15, -0.1) is 0 Å². The Labute approximate surface area is 191 Å². The number of imide groups is 1. The van der Waals surface area contributed by atoms with Gasteiger partial charge in [0.05, 0.1) is 17.8 Å². The van der Waals surface area contributed by atoms with Crippen molar-refractivity contribution < 1.29 is 24.5 Å². The van der Waals surface area contributed by atoms with Crippen LogP contribution >= 0.6 is 0 Å². The molecule has 0 radical (unpaired) electrons. The molecular formula is C25H27N3O5. The molecule has 0 saturated heterocycles. The second kappa shape index (κ2) is 9.58. The number of carbonyl (C=O) groups is 2. The number of aromatic nitrogens is 1. The van der Waals surface area contributed by atoms with Crippen molar-refractivity contribution in [1.29, 1.82) is 0 Å². The Bertz CT molecular complexity index is 1230. The first-order valence-electron chi connectivity index (χ1n) is 10.7. The van der Waals surface area contributed by atoms with Crippen molar-refractivity contribution in [2.45, 2.75) is 12.6 Å². The quantitative estimate of drug-likeness (QED) is 0.428. The molecule has 2 amide bonds. The van der Waals surface area contributed by atoms with Gasteiger partial charge in [-0.05, 0) is 26.2 Å². The summed E-state index contributed by atoms with van der Waals surface area (Å²) in [6.45, 7) is 0.784. The number of benzene rings is 2. The Hall–Kier alpha value is -3.46. The maximum absolute atomic E-state index is 12.9. The van der Waals surface area contributed by atoms with E-state index < -0.39 is 17.9 Å². The van der Waals surface area contributed by atoms with Gasteiger partial charge < -0.3 is 24.4 Å². The highest BCUT2D eigenvalue weighted by Crippen LogP contribution is 2.38. The molecule has 0 spiro atoms. The fourth-order valence-corrected chi connectivity index (χ4v) is 4.17. The van der Waals surface area contributed by atoms with Crippen molar-refractivity contribution in [2.75, 3.05) is 33.9 Å². The molecule has 2 heterocycles. The number of carbonyl (C=O) groups excluding carboxylic acids is 2. The Morgan fingerprint density at radius 3 is 2.39 bits per heavy atom. The molecule has 3 aromatic rings. The Balaban J connectivity index is 1.82. The first kappa shape index (κ1) is 22.7. The standard InChI is InChI=1S/C25H27N3O5/c1-27(2)13-16(30)15-33-21-10-6-4-8-18(21)22-23(25(32)26-24(22)31)19-14-28(11-12-29)20-9-5-3-7-17(19)20/h3-10,14,16,29-30H,11-13,15H2,1-2H3,(H,26,31,32). The number of para-hydroxylation sites is 2. The number of fused-ring (bicyclic) bond motifs is 1. The number of aliphatic hydroxyl groups excluding tert-OH is 2. The zero-order valence-electron chi connectivity index (χ0n) is 18.6. The minimum atomic E-state index is -0.711. The van der Waals surface area contributed by atoms with E-state index in [-0.39, 0.29) is 24.4 Å². The van der Waals surface area contributed by atoms with Crippen LogP contribution in [0.1, 0.15) is 11.1 Å². The van der Waals surface area contributed by atoms with Crippen LogP contribution in [0.3, 0.4) is 0 Å². The van der Waals surface area contributed by atoms with Gasteiger partial charge in [-0.2, -0.15) is 0 Å². The van der Waals surface area contributed by atoms with Gasteiger partial charge in [0.25, 0.3) is 11.8 Å². The zero-order chi connectivity index (χ0) is 23.5. The zero-order valence-corrected chi connectivity index (χ0v) is 18.6. The predicted molar refractivity (Wildman–Crippen MR) is 125 cm³/mol. The van der Waals surface area contributed by atoms with Gasteiger partial charge >= 0.3 is 0 Å². The van der Waals surface area contributed by atoms with E-state index in [1.54, 1.807) is 30.5 Å². The van der Waals surface area contributed by atoms with Crippen LogP contribution in [0.25, 0.3) is 22.0 Å². The molecule has 4 rings (SSSR count). The topological polar surface area (TPSA) is 104 Å². The third-order valence-corrected chi connectivity index (χ3v) is 5.49. The molecule has 1 aromatic heterocycles. The van der Waals surface area contributed by atoms with Crippen LogP contribution in [0, 0.1) is 0 Å². The average molecular weight is 450 g/mol. The number of rotatable bonds is 9. The number of hydrogen-bond acceptors (Lipinski definition) is 6. The number of aliphatic hydroxyl groups is 2. The second-order valence-corrected chi connectivity index (χ2v) is 8.23. The first-order valence-corrected chi connectivity index (χ1v) is 10.7. The van der Waals surface area contributed by atoms with Crippen molar-refractivity contribution in [1.82, 2.24) is 14.8 Å². The highest BCUT2D eigenvalue weighted by Gasteiger charge is 2.35. The van der Waals surface area contributed by atoms with E-state index in [9.17, 15) is 19.8 Å². The summed E-state index contributed by atoms with van der Waals surface area (Å²) >= 11 is 0. The molecule has 1 unspecified atom stereocenters.